The third-order valence-electron chi connectivity index (χ3n) is 4.21. The number of furan rings is 1. The Labute approximate surface area is 176 Å². The molecule has 2 aromatic heterocycles. The Morgan fingerprint density at radius 2 is 2.00 bits per heavy atom. The molecule has 0 spiro atoms. The molecule has 0 aliphatic heterocycles. The van der Waals surface area contributed by atoms with E-state index in [1.165, 1.54) is 11.3 Å². The number of halogens is 1. The van der Waals surface area contributed by atoms with Gasteiger partial charge >= 0.3 is 0 Å². The maximum atomic E-state index is 11.3. The zero-order valence-electron chi connectivity index (χ0n) is 15.7. The molecule has 0 radical (unpaired) electrons. The molecule has 0 aliphatic carbocycles. The Balaban J connectivity index is 1.97. The summed E-state index contributed by atoms with van der Waals surface area (Å²) in [5.41, 5.74) is 3.31. The molecule has 1 aromatic carbocycles. The molecule has 2 unspecified atom stereocenters. The lowest BCUT2D eigenvalue weighted by molar-refractivity contribution is -0.143. The van der Waals surface area contributed by atoms with E-state index in [2.05, 4.69) is 34.8 Å². The van der Waals surface area contributed by atoms with Crippen molar-refractivity contribution in [3.05, 3.63) is 64.7 Å². The number of carbonyl (C=O) groups is 1. The van der Waals surface area contributed by atoms with Crippen LogP contribution in [0.25, 0.3) is 11.5 Å². The van der Waals surface area contributed by atoms with E-state index in [9.17, 15) is 4.79 Å². The molecule has 3 rings (SSSR count). The van der Waals surface area contributed by atoms with Gasteiger partial charge in [-0.25, -0.2) is 4.98 Å². The molecule has 0 N–H and O–H groups in total. The summed E-state index contributed by atoms with van der Waals surface area (Å²) < 4.78 is 17.3. The minimum atomic E-state index is -0.591. The first-order valence-electron chi connectivity index (χ1n) is 8.91. The first-order chi connectivity index (χ1) is 13.5. The molecule has 0 saturated heterocycles. The van der Waals surface area contributed by atoms with Crippen molar-refractivity contribution in [2.75, 3.05) is 6.61 Å². The first-order valence-corrected chi connectivity index (χ1v) is 10.6. The number of benzene rings is 1. The number of ether oxygens (including phenoxy) is 2. The lowest BCUT2D eigenvalue weighted by Crippen LogP contribution is -2.20. The number of hydrogen-bond acceptors (Lipinski definition) is 6. The Hall–Kier alpha value is -1.96. The second-order valence-electron chi connectivity index (χ2n) is 6.87. The maximum absolute atomic E-state index is 11.3. The molecular formula is C21H22BrNO4S. The number of carbonyl (C=O) groups excluding carboxylic acids is 1. The van der Waals surface area contributed by atoms with Gasteiger partial charge in [-0.05, 0) is 38.0 Å². The summed E-state index contributed by atoms with van der Waals surface area (Å²) in [6.07, 6.45) is 1.31. The fourth-order valence-electron chi connectivity index (χ4n) is 2.81. The minimum absolute atomic E-state index is 0.0527. The van der Waals surface area contributed by atoms with Crippen LogP contribution in [0.2, 0.25) is 0 Å². The highest BCUT2D eigenvalue weighted by Gasteiger charge is 2.32. The van der Waals surface area contributed by atoms with Crippen molar-refractivity contribution in [3.63, 3.8) is 0 Å². The van der Waals surface area contributed by atoms with Crippen molar-refractivity contribution < 1.29 is 18.7 Å². The number of aromatic nitrogens is 1. The van der Waals surface area contributed by atoms with E-state index in [-0.39, 0.29) is 4.32 Å². The predicted octanol–water partition coefficient (Wildman–Crippen LogP) is 5.94. The minimum Gasteiger partial charge on any atom is -0.463 e. The average molecular weight is 464 g/mol. The smallest absolute Gasteiger partial charge is 0.293 e. The molecule has 148 valence electrons. The highest BCUT2D eigenvalue weighted by Crippen LogP contribution is 2.41. The third-order valence-corrected chi connectivity index (χ3v) is 5.49. The molecular weight excluding hydrogens is 442 g/mol. The van der Waals surface area contributed by atoms with E-state index in [1.54, 1.807) is 11.8 Å². The van der Waals surface area contributed by atoms with Gasteiger partial charge < -0.3 is 13.9 Å². The van der Waals surface area contributed by atoms with Crippen LogP contribution in [-0.2, 0) is 14.3 Å². The van der Waals surface area contributed by atoms with Gasteiger partial charge in [-0.1, -0.05) is 46.3 Å². The molecule has 0 aliphatic rings. The van der Waals surface area contributed by atoms with E-state index in [0.29, 0.717) is 24.5 Å². The second-order valence-corrected chi connectivity index (χ2v) is 9.90. The highest BCUT2D eigenvalue weighted by atomic mass is 79.9. The fourth-order valence-corrected chi connectivity index (χ4v) is 3.84. The van der Waals surface area contributed by atoms with Crippen molar-refractivity contribution in [3.8, 4) is 11.5 Å². The fraction of sp³-hybridized carbons (Fsp3) is 0.333. The molecule has 3 aromatic rings. The van der Waals surface area contributed by atoms with Gasteiger partial charge in [0.2, 0.25) is 0 Å². The lowest BCUT2D eigenvalue weighted by atomic mass is 10.0. The van der Waals surface area contributed by atoms with Crippen LogP contribution in [0, 0.1) is 0 Å². The van der Waals surface area contributed by atoms with Crippen LogP contribution in [0.3, 0.4) is 0 Å². The van der Waals surface area contributed by atoms with E-state index in [1.807, 2.05) is 42.5 Å². The van der Waals surface area contributed by atoms with Crippen LogP contribution in [0.5, 0.6) is 0 Å². The number of alkyl halides is 1. The summed E-state index contributed by atoms with van der Waals surface area (Å²) in [7, 11) is 0. The van der Waals surface area contributed by atoms with Crippen molar-refractivity contribution in [2.45, 2.75) is 36.8 Å². The van der Waals surface area contributed by atoms with Gasteiger partial charge in [0.05, 0.1) is 16.7 Å². The van der Waals surface area contributed by atoms with Crippen LogP contribution >= 0.6 is 27.3 Å². The van der Waals surface area contributed by atoms with Gasteiger partial charge in [0.15, 0.2) is 11.9 Å². The molecule has 0 amide bonds. The standard InChI is InChI=1S/C21H22BrNO4S/c1-21(2,22)10-12-26-19(18(27-14-24)15-7-4-3-5-8-15)20-17(23-13-28-20)16-9-6-11-25-16/h3-9,11,13-14,18-19H,10,12H2,1-2H3. The molecule has 0 saturated carbocycles. The molecule has 2 atom stereocenters. The van der Waals surface area contributed by atoms with Crippen molar-refractivity contribution in [2.24, 2.45) is 0 Å². The predicted molar refractivity (Wildman–Crippen MR) is 112 cm³/mol. The monoisotopic (exact) mass is 463 g/mol. The number of hydrogen-bond donors (Lipinski definition) is 0. The molecule has 0 fully saturated rings. The van der Waals surface area contributed by atoms with Crippen molar-refractivity contribution in [1.82, 2.24) is 4.98 Å². The summed E-state index contributed by atoms with van der Waals surface area (Å²) >= 11 is 5.10. The number of rotatable bonds is 10. The molecule has 28 heavy (non-hydrogen) atoms. The first kappa shape index (κ1) is 20.8. The zero-order chi connectivity index (χ0) is 20.0. The van der Waals surface area contributed by atoms with Crippen molar-refractivity contribution in [1.29, 1.82) is 0 Å². The summed E-state index contributed by atoms with van der Waals surface area (Å²) in [4.78, 5) is 16.6. The Bertz CT molecular complexity index is 858. The van der Waals surface area contributed by atoms with Crippen molar-refractivity contribution >= 4 is 33.7 Å². The quantitative estimate of drug-likeness (QED) is 0.275. The Kier molecular flexibility index (Phi) is 7.04. The second kappa shape index (κ2) is 9.49. The Morgan fingerprint density at radius 1 is 1.21 bits per heavy atom. The maximum Gasteiger partial charge on any atom is 0.293 e. The summed E-state index contributed by atoms with van der Waals surface area (Å²) in [6.45, 7) is 5.13. The SMILES string of the molecule is CC(C)(Br)CCOC(c1scnc1-c1ccco1)C(OC=O)c1ccccc1. The van der Waals surface area contributed by atoms with E-state index >= 15 is 0 Å². The number of nitrogens with zero attached hydrogens (tertiary/aromatic N) is 1. The molecule has 5 nitrogen and oxygen atoms in total. The van der Waals surface area contributed by atoms with Crippen LogP contribution < -0.4 is 0 Å². The largest absolute Gasteiger partial charge is 0.463 e. The summed E-state index contributed by atoms with van der Waals surface area (Å²) in [5, 5.41) is 0. The highest BCUT2D eigenvalue weighted by molar-refractivity contribution is 9.10. The average Bonchev–Trinajstić information content (AvgIpc) is 3.35. The topological polar surface area (TPSA) is 61.6 Å². The van der Waals surface area contributed by atoms with E-state index < -0.39 is 12.2 Å². The summed E-state index contributed by atoms with van der Waals surface area (Å²) in [5.74, 6) is 0.656. The van der Waals surface area contributed by atoms with Crippen LogP contribution in [-0.4, -0.2) is 22.4 Å². The van der Waals surface area contributed by atoms with Crippen LogP contribution in [0.4, 0.5) is 0 Å². The lowest BCUT2D eigenvalue weighted by Gasteiger charge is -2.27. The molecule has 0 bridgehead atoms. The van der Waals surface area contributed by atoms with Gasteiger partial charge in [-0.2, -0.15) is 0 Å². The van der Waals surface area contributed by atoms with E-state index in [0.717, 1.165) is 16.9 Å². The van der Waals surface area contributed by atoms with Gasteiger partial charge in [-0.3, -0.25) is 4.79 Å². The molecule has 7 heteroatoms. The Morgan fingerprint density at radius 3 is 2.64 bits per heavy atom. The van der Waals surface area contributed by atoms with Gasteiger partial charge in [0.1, 0.15) is 11.8 Å². The normalized spacial score (nSPS) is 13.8. The van der Waals surface area contributed by atoms with E-state index in [4.69, 9.17) is 13.9 Å². The summed E-state index contributed by atoms with van der Waals surface area (Å²) in [6, 6.07) is 13.3. The van der Waals surface area contributed by atoms with Gasteiger partial charge in [0.25, 0.3) is 6.47 Å². The van der Waals surface area contributed by atoms with Crippen LogP contribution in [0.15, 0.2) is 58.7 Å². The van der Waals surface area contributed by atoms with Gasteiger partial charge in [-0.15, -0.1) is 11.3 Å². The number of thiazole rings is 1. The third kappa shape index (κ3) is 5.31. The zero-order valence-corrected chi connectivity index (χ0v) is 18.1. The van der Waals surface area contributed by atoms with Gasteiger partial charge in [0, 0.05) is 10.9 Å². The molecule has 2 heterocycles. The van der Waals surface area contributed by atoms with Crippen LogP contribution in [0.1, 0.15) is 42.9 Å².